The minimum absolute atomic E-state index is 0.0532. The second-order valence-electron chi connectivity index (χ2n) is 3.24. The summed E-state index contributed by atoms with van der Waals surface area (Å²) < 4.78 is 47.7. The molecule has 0 radical (unpaired) electrons. The van der Waals surface area contributed by atoms with Gasteiger partial charge in [-0.2, -0.15) is 8.78 Å². The minimum Gasteiger partial charge on any atom is -0.478 e. The number of aromatic carboxylic acids is 1. The van der Waals surface area contributed by atoms with Crippen LogP contribution in [0.3, 0.4) is 0 Å². The Kier molecular flexibility index (Phi) is 3.66. The van der Waals surface area contributed by atoms with Crippen LogP contribution in [0.4, 0.5) is 14.5 Å². The molecule has 1 aromatic rings. The van der Waals surface area contributed by atoms with Crippen LogP contribution in [0.1, 0.15) is 15.9 Å². The summed E-state index contributed by atoms with van der Waals surface area (Å²) in [4.78, 5) is 10.6. The first-order chi connectivity index (χ1) is 7.74. The molecule has 0 heterocycles. The Bertz CT molecular complexity index is 542. The summed E-state index contributed by atoms with van der Waals surface area (Å²) in [5, 5.41) is 8.66. The zero-order chi connectivity index (χ0) is 13.2. The van der Waals surface area contributed by atoms with Gasteiger partial charge in [0.1, 0.15) is 0 Å². The van der Waals surface area contributed by atoms with E-state index in [1.807, 2.05) is 0 Å². The van der Waals surface area contributed by atoms with E-state index in [0.29, 0.717) is 0 Å². The fourth-order valence-corrected chi connectivity index (χ4v) is 1.73. The summed E-state index contributed by atoms with van der Waals surface area (Å²) in [6.45, 7) is 1.41. The van der Waals surface area contributed by atoms with Gasteiger partial charge in [-0.3, -0.25) is 4.72 Å². The molecule has 0 unspecified atom stereocenters. The van der Waals surface area contributed by atoms with Gasteiger partial charge in [-0.1, -0.05) is 0 Å². The number of hydrogen-bond donors (Lipinski definition) is 2. The van der Waals surface area contributed by atoms with Gasteiger partial charge in [0.2, 0.25) is 0 Å². The molecule has 0 atom stereocenters. The van der Waals surface area contributed by atoms with E-state index < -0.39 is 21.8 Å². The van der Waals surface area contributed by atoms with Gasteiger partial charge in [-0.15, -0.1) is 0 Å². The van der Waals surface area contributed by atoms with Gasteiger partial charge in [0.25, 0.3) is 10.0 Å². The third kappa shape index (κ3) is 3.13. The molecule has 0 aromatic heterocycles. The Morgan fingerprint density at radius 2 is 2.00 bits per heavy atom. The Balaban J connectivity index is 3.06. The number of hydrogen-bond acceptors (Lipinski definition) is 3. The van der Waals surface area contributed by atoms with Crippen molar-refractivity contribution in [3.63, 3.8) is 0 Å². The van der Waals surface area contributed by atoms with Crippen molar-refractivity contribution in [2.45, 2.75) is 12.7 Å². The van der Waals surface area contributed by atoms with Crippen molar-refractivity contribution in [1.29, 1.82) is 0 Å². The third-order valence-corrected chi connectivity index (χ3v) is 2.93. The van der Waals surface area contributed by atoms with E-state index in [1.54, 1.807) is 4.72 Å². The van der Waals surface area contributed by atoms with Gasteiger partial charge in [-0.25, -0.2) is 13.2 Å². The fraction of sp³-hybridized carbons (Fsp3) is 0.222. The Morgan fingerprint density at radius 1 is 1.41 bits per heavy atom. The summed E-state index contributed by atoms with van der Waals surface area (Å²) in [6, 6.07) is 3.43. The van der Waals surface area contributed by atoms with E-state index in [1.165, 1.54) is 13.0 Å². The molecule has 17 heavy (non-hydrogen) atoms. The van der Waals surface area contributed by atoms with Crippen LogP contribution in [0.25, 0.3) is 0 Å². The number of carboxylic acids is 1. The Hall–Kier alpha value is -1.70. The standard InChI is InChI=1S/C9H9F2NO4S/c1-5-4-6(8(13)14)2-3-7(5)12-17(15,16)9(10)11/h2-4,9,12H,1H3,(H,13,14). The molecule has 0 aliphatic rings. The number of sulfonamides is 1. The maximum Gasteiger partial charge on any atom is 0.355 e. The summed E-state index contributed by atoms with van der Waals surface area (Å²) >= 11 is 0. The maximum absolute atomic E-state index is 12.1. The molecular formula is C9H9F2NO4S. The van der Waals surface area contributed by atoms with Crippen LogP contribution in [-0.2, 0) is 10.0 Å². The van der Waals surface area contributed by atoms with Gasteiger partial charge >= 0.3 is 11.7 Å². The lowest BCUT2D eigenvalue weighted by Crippen LogP contribution is -2.21. The molecule has 0 saturated heterocycles. The number of benzene rings is 1. The van der Waals surface area contributed by atoms with Gasteiger partial charge in [0.05, 0.1) is 11.3 Å². The Morgan fingerprint density at radius 3 is 2.41 bits per heavy atom. The number of alkyl halides is 2. The molecule has 8 heteroatoms. The number of halogens is 2. The molecule has 0 aliphatic carbocycles. The van der Waals surface area contributed by atoms with E-state index in [-0.39, 0.29) is 16.8 Å². The van der Waals surface area contributed by atoms with Crippen LogP contribution >= 0.6 is 0 Å². The van der Waals surface area contributed by atoms with E-state index >= 15 is 0 Å². The average molecular weight is 265 g/mol. The lowest BCUT2D eigenvalue weighted by atomic mass is 10.1. The summed E-state index contributed by atoms with van der Waals surface area (Å²) in [6.07, 6.45) is 0. The van der Waals surface area contributed by atoms with Crippen molar-refractivity contribution < 1.29 is 27.1 Å². The highest BCUT2D eigenvalue weighted by atomic mass is 32.2. The monoisotopic (exact) mass is 265 g/mol. The summed E-state index contributed by atoms with van der Waals surface area (Å²) in [5.41, 5.74) is 0.118. The zero-order valence-electron chi connectivity index (χ0n) is 8.65. The smallest absolute Gasteiger partial charge is 0.355 e. The molecular weight excluding hydrogens is 256 g/mol. The van der Waals surface area contributed by atoms with Gasteiger partial charge in [-0.05, 0) is 30.7 Å². The van der Waals surface area contributed by atoms with Crippen molar-refractivity contribution in [2.24, 2.45) is 0 Å². The van der Waals surface area contributed by atoms with Crippen molar-refractivity contribution in [3.05, 3.63) is 29.3 Å². The molecule has 0 spiro atoms. The van der Waals surface area contributed by atoms with Crippen LogP contribution < -0.4 is 4.72 Å². The highest BCUT2D eigenvalue weighted by molar-refractivity contribution is 7.93. The Labute approximate surface area is 96.1 Å². The first kappa shape index (κ1) is 13.4. The van der Waals surface area contributed by atoms with E-state index in [0.717, 1.165) is 12.1 Å². The number of nitrogens with one attached hydrogen (secondary N) is 1. The number of carboxylic acid groups (broad SMARTS) is 1. The summed E-state index contributed by atoms with van der Waals surface area (Å²) in [5.74, 6) is -4.72. The largest absolute Gasteiger partial charge is 0.478 e. The number of carbonyl (C=O) groups is 1. The molecule has 1 aromatic carbocycles. The van der Waals surface area contributed by atoms with Crippen molar-refractivity contribution in [1.82, 2.24) is 0 Å². The van der Waals surface area contributed by atoms with Crippen LogP contribution in [0.5, 0.6) is 0 Å². The van der Waals surface area contributed by atoms with Crippen LogP contribution in [-0.4, -0.2) is 25.3 Å². The second-order valence-corrected chi connectivity index (χ2v) is 4.89. The average Bonchev–Trinajstić information content (AvgIpc) is 2.20. The number of rotatable bonds is 4. The SMILES string of the molecule is Cc1cc(C(=O)O)ccc1NS(=O)(=O)C(F)F. The minimum atomic E-state index is -4.74. The molecule has 0 fully saturated rings. The molecule has 0 aliphatic heterocycles. The van der Waals surface area contributed by atoms with Crippen LogP contribution in [0.15, 0.2) is 18.2 Å². The first-order valence-corrected chi connectivity index (χ1v) is 5.92. The normalized spacial score (nSPS) is 11.5. The van der Waals surface area contributed by atoms with Crippen LogP contribution in [0, 0.1) is 6.92 Å². The van der Waals surface area contributed by atoms with Crippen molar-refractivity contribution in [2.75, 3.05) is 4.72 Å². The molecule has 2 N–H and O–H groups in total. The fourth-order valence-electron chi connectivity index (χ4n) is 1.11. The molecule has 0 amide bonds. The van der Waals surface area contributed by atoms with Gasteiger partial charge in [0, 0.05) is 0 Å². The predicted octanol–water partition coefficient (Wildman–Crippen LogP) is 1.66. The molecule has 0 bridgehead atoms. The van der Waals surface area contributed by atoms with Gasteiger partial charge < -0.3 is 5.11 Å². The number of anilines is 1. The second kappa shape index (κ2) is 4.66. The molecule has 5 nitrogen and oxygen atoms in total. The quantitative estimate of drug-likeness (QED) is 0.867. The lowest BCUT2D eigenvalue weighted by molar-refractivity contribution is 0.0697. The maximum atomic E-state index is 12.1. The molecule has 94 valence electrons. The topological polar surface area (TPSA) is 83.5 Å². The number of aryl methyl sites for hydroxylation is 1. The molecule has 1 rings (SSSR count). The summed E-state index contributed by atoms with van der Waals surface area (Å²) in [7, 11) is -4.74. The van der Waals surface area contributed by atoms with E-state index in [9.17, 15) is 22.0 Å². The van der Waals surface area contributed by atoms with Crippen LogP contribution in [0.2, 0.25) is 0 Å². The molecule has 0 saturated carbocycles. The van der Waals surface area contributed by atoms with E-state index in [2.05, 4.69) is 0 Å². The lowest BCUT2D eigenvalue weighted by Gasteiger charge is -2.10. The highest BCUT2D eigenvalue weighted by Crippen LogP contribution is 2.19. The first-order valence-electron chi connectivity index (χ1n) is 4.38. The van der Waals surface area contributed by atoms with Crippen molar-refractivity contribution in [3.8, 4) is 0 Å². The van der Waals surface area contributed by atoms with Gasteiger partial charge in [0.15, 0.2) is 0 Å². The predicted molar refractivity (Wildman–Crippen MR) is 56.7 cm³/mol. The third-order valence-electron chi connectivity index (χ3n) is 1.96. The zero-order valence-corrected chi connectivity index (χ0v) is 9.46. The highest BCUT2D eigenvalue weighted by Gasteiger charge is 2.24. The van der Waals surface area contributed by atoms with E-state index in [4.69, 9.17) is 5.11 Å². The van der Waals surface area contributed by atoms with Crippen molar-refractivity contribution >= 4 is 21.7 Å².